The van der Waals surface area contributed by atoms with Crippen molar-refractivity contribution < 1.29 is 38.5 Å². The molecule has 1 fully saturated rings. The van der Waals surface area contributed by atoms with Gasteiger partial charge in [-0.3, -0.25) is 14.4 Å². The zero-order valence-electron chi connectivity index (χ0n) is 29.5. The molecule has 1 saturated heterocycles. The Balaban J connectivity index is 1.16. The third-order valence-corrected chi connectivity index (χ3v) is 10.1. The number of aliphatic hydroxyl groups is 1. The van der Waals surface area contributed by atoms with E-state index < -0.39 is 23.0 Å². The highest BCUT2D eigenvalue weighted by atomic mass is 16.6. The largest absolute Gasteiger partial charge is 0.456 e. The number of ether oxygens (including phenoxy) is 3. The number of rotatable bonds is 9. The number of nitrogens with zero attached hydrogens (tertiary/aromatic N) is 1. The number of amides is 2. The quantitative estimate of drug-likeness (QED) is 0.150. The van der Waals surface area contributed by atoms with E-state index in [0.717, 1.165) is 37.7 Å². The Bertz CT molecular complexity index is 1840. The lowest BCUT2D eigenvalue weighted by atomic mass is 9.77. The maximum Gasteiger partial charge on any atom is 0.340 e. The Hall–Kier alpha value is -4.70. The Morgan fingerprint density at radius 3 is 2.32 bits per heavy atom. The highest BCUT2D eigenvalue weighted by Crippen LogP contribution is 2.56. The number of likely N-dealkylation sites (tertiary alicyclic amines) is 1. The Labute approximate surface area is 293 Å². The average molecular weight is 683 g/mol. The predicted octanol–water partition coefficient (Wildman–Crippen LogP) is 6.43. The number of unbranched alkanes of at least 4 members (excludes halogenated alkanes) is 2. The van der Waals surface area contributed by atoms with Crippen LogP contribution in [-0.4, -0.2) is 60.0 Å². The van der Waals surface area contributed by atoms with Crippen molar-refractivity contribution in [2.45, 2.75) is 78.7 Å². The molecule has 6 rings (SSSR count). The average Bonchev–Trinajstić information content (AvgIpc) is 3.37. The summed E-state index contributed by atoms with van der Waals surface area (Å²) in [6, 6.07) is 15.6. The van der Waals surface area contributed by atoms with Crippen molar-refractivity contribution in [3.05, 3.63) is 88.0 Å². The molecule has 1 spiro atoms. The first kappa shape index (κ1) is 35.1. The number of esters is 2. The normalized spacial score (nSPS) is 18.8. The van der Waals surface area contributed by atoms with E-state index in [4.69, 9.17) is 14.2 Å². The van der Waals surface area contributed by atoms with Crippen LogP contribution >= 0.6 is 0 Å². The number of fused-ring (bicyclic) bond motifs is 6. The summed E-state index contributed by atoms with van der Waals surface area (Å²) in [5, 5.41) is 12.6. The highest BCUT2D eigenvalue weighted by Gasteiger charge is 2.54. The van der Waals surface area contributed by atoms with E-state index in [1.54, 1.807) is 57.2 Å². The van der Waals surface area contributed by atoms with Crippen molar-refractivity contribution in [3.8, 4) is 17.2 Å². The molecular formula is C40H46N2O8. The summed E-state index contributed by atoms with van der Waals surface area (Å²) in [5.41, 5.74) is 1.19. The summed E-state index contributed by atoms with van der Waals surface area (Å²) >= 11 is 0. The fourth-order valence-electron chi connectivity index (χ4n) is 6.77. The second kappa shape index (κ2) is 13.5. The molecule has 3 heterocycles. The summed E-state index contributed by atoms with van der Waals surface area (Å²) in [6.45, 7) is 11.3. The summed E-state index contributed by atoms with van der Waals surface area (Å²) in [6.07, 6.45) is 4.35. The van der Waals surface area contributed by atoms with Crippen molar-refractivity contribution in [2.24, 2.45) is 10.8 Å². The molecule has 0 saturated carbocycles. The van der Waals surface area contributed by atoms with Crippen molar-refractivity contribution in [3.63, 3.8) is 0 Å². The van der Waals surface area contributed by atoms with Gasteiger partial charge in [-0.15, -0.1) is 0 Å². The number of benzene rings is 3. The van der Waals surface area contributed by atoms with Crippen molar-refractivity contribution in [2.75, 3.05) is 26.2 Å². The summed E-state index contributed by atoms with van der Waals surface area (Å²) in [5.74, 6) is 0.122. The molecule has 0 aliphatic carbocycles. The molecule has 1 unspecified atom stereocenters. The van der Waals surface area contributed by atoms with E-state index in [1.807, 2.05) is 30.0 Å². The maximum absolute atomic E-state index is 13.4. The van der Waals surface area contributed by atoms with Crippen LogP contribution in [0.15, 0.2) is 54.6 Å². The Morgan fingerprint density at radius 1 is 0.920 bits per heavy atom. The van der Waals surface area contributed by atoms with E-state index in [9.17, 15) is 24.3 Å². The van der Waals surface area contributed by atoms with Crippen molar-refractivity contribution in [1.29, 1.82) is 0 Å². The molecule has 0 bridgehead atoms. The number of nitrogens with one attached hydrogen (secondary N) is 1. The van der Waals surface area contributed by atoms with Gasteiger partial charge in [0.15, 0.2) is 5.60 Å². The molecular weight excluding hydrogens is 636 g/mol. The molecule has 264 valence electrons. The molecule has 10 heteroatoms. The minimum absolute atomic E-state index is 0.0934. The number of carbonyl (C=O) groups excluding carboxylic acids is 4. The molecule has 3 aliphatic heterocycles. The number of piperidine rings is 1. The molecule has 2 N–H and O–H groups in total. The van der Waals surface area contributed by atoms with Crippen LogP contribution in [0.2, 0.25) is 0 Å². The smallest absolute Gasteiger partial charge is 0.340 e. The molecule has 3 aromatic carbocycles. The van der Waals surface area contributed by atoms with Crippen LogP contribution < -0.4 is 14.8 Å². The van der Waals surface area contributed by atoms with Gasteiger partial charge in [-0.25, -0.2) is 4.79 Å². The van der Waals surface area contributed by atoms with Gasteiger partial charge in [0.05, 0.1) is 11.0 Å². The monoisotopic (exact) mass is 682 g/mol. The molecule has 2 amide bonds. The van der Waals surface area contributed by atoms with Crippen LogP contribution in [-0.2, 0) is 19.9 Å². The van der Waals surface area contributed by atoms with Crippen molar-refractivity contribution >= 4 is 23.8 Å². The fraction of sp³-hybridized carbons (Fsp3) is 0.450. The first-order valence-electron chi connectivity index (χ1n) is 17.4. The van der Waals surface area contributed by atoms with E-state index in [-0.39, 0.29) is 23.8 Å². The minimum Gasteiger partial charge on any atom is -0.456 e. The molecule has 1 atom stereocenters. The van der Waals surface area contributed by atoms with Gasteiger partial charge in [0.1, 0.15) is 17.2 Å². The molecule has 3 aliphatic rings. The second-order valence-electron chi connectivity index (χ2n) is 15.1. The summed E-state index contributed by atoms with van der Waals surface area (Å²) in [7, 11) is 0. The number of aryl methyl sites for hydroxylation is 1. The molecule has 3 aromatic rings. The number of aliphatic hydroxyl groups excluding tert-OH is 1. The SMILES string of the molecule is Cc1ccc2c(c1)Oc1cc(OC(=O)C(C)(C)C)ccc1C21OC(=O)c2ccc(C(=O)NCCCCCC(=O)N3CCC(C)(CO)CC3)cc21. The number of hydrogen-bond donors (Lipinski definition) is 2. The molecule has 50 heavy (non-hydrogen) atoms. The van der Waals surface area contributed by atoms with Gasteiger partial charge in [-0.1, -0.05) is 25.5 Å². The van der Waals surface area contributed by atoms with Crippen LogP contribution in [0.3, 0.4) is 0 Å². The van der Waals surface area contributed by atoms with Crippen LogP contribution in [0, 0.1) is 17.8 Å². The van der Waals surface area contributed by atoms with Gasteiger partial charge >= 0.3 is 11.9 Å². The van der Waals surface area contributed by atoms with Crippen LogP contribution in [0.1, 0.15) is 109 Å². The first-order valence-corrected chi connectivity index (χ1v) is 17.4. The lowest BCUT2D eigenvalue weighted by molar-refractivity contribution is -0.143. The molecule has 10 nitrogen and oxygen atoms in total. The van der Waals surface area contributed by atoms with Gasteiger partial charge in [-0.2, -0.15) is 0 Å². The highest BCUT2D eigenvalue weighted by molar-refractivity contribution is 6.00. The topological polar surface area (TPSA) is 131 Å². The third kappa shape index (κ3) is 6.73. The van der Waals surface area contributed by atoms with E-state index in [0.29, 0.717) is 71.1 Å². The lowest BCUT2D eigenvalue weighted by Crippen LogP contribution is -2.43. The van der Waals surface area contributed by atoms with Gasteiger partial charge in [0.25, 0.3) is 5.91 Å². The molecule has 0 aromatic heterocycles. The summed E-state index contributed by atoms with van der Waals surface area (Å²) < 4.78 is 18.3. The standard InChI is InChI=1S/C40H46N2O8/c1-25-10-14-29-32(21-25)49-33-23-27(48-37(47)38(2,3)4)12-15-30(33)40(29)31-22-26(11-13-28(31)36(46)50-40)35(45)41-18-8-6-7-9-34(44)42-19-16-39(5,24-43)17-20-42/h10-15,21-23,43H,6-9,16-20,24H2,1-5H3,(H,41,45). The zero-order chi connectivity index (χ0) is 35.8. The van der Waals surface area contributed by atoms with E-state index in [1.165, 1.54) is 0 Å². The first-order chi connectivity index (χ1) is 23.7. The fourth-order valence-corrected chi connectivity index (χ4v) is 6.77. The third-order valence-electron chi connectivity index (χ3n) is 10.1. The summed E-state index contributed by atoms with van der Waals surface area (Å²) in [4.78, 5) is 54.0. The predicted molar refractivity (Wildman–Crippen MR) is 186 cm³/mol. The second-order valence-corrected chi connectivity index (χ2v) is 15.1. The minimum atomic E-state index is -1.39. The van der Waals surface area contributed by atoms with E-state index >= 15 is 0 Å². The van der Waals surface area contributed by atoms with Crippen LogP contribution in [0.5, 0.6) is 17.2 Å². The number of carbonyl (C=O) groups is 4. The van der Waals surface area contributed by atoms with Crippen LogP contribution in [0.25, 0.3) is 0 Å². The molecule has 0 radical (unpaired) electrons. The van der Waals surface area contributed by atoms with Gasteiger partial charge in [0, 0.05) is 61.0 Å². The van der Waals surface area contributed by atoms with Gasteiger partial charge < -0.3 is 29.5 Å². The Morgan fingerprint density at radius 2 is 1.62 bits per heavy atom. The Kier molecular flexibility index (Phi) is 9.52. The van der Waals surface area contributed by atoms with Crippen molar-refractivity contribution in [1.82, 2.24) is 10.2 Å². The van der Waals surface area contributed by atoms with Gasteiger partial charge in [0.2, 0.25) is 5.91 Å². The lowest BCUT2D eigenvalue weighted by Gasteiger charge is -2.38. The van der Waals surface area contributed by atoms with Gasteiger partial charge in [-0.05, 0) is 101 Å². The van der Waals surface area contributed by atoms with E-state index in [2.05, 4.69) is 12.2 Å². The maximum atomic E-state index is 13.4. The van der Waals surface area contributed by atoms with Crippen LogP contribution in [0.4, 0.5) is 0 Å². The number of hydrogen-bond acceptors (Lipinski definition) is 8. The zero-order valence-corrected chi connectivity index (χ0v) is 29.5.